The minimum atomic E-state index is -0.498. The number of rotatable bonds is 4. The molecule has 0 aromatic heterocycles. The van der Waals surface area contributed by atoms with Gasteiger partial charge in [0.15, 0.2) is 0 Å². The maximum atomic E-state index is 12.8. The molecule has 114 valence electrons. The molecule has 2 aliphatic rings. The molecule has 1 aliphatic heterocycles. The first-order chi connectivity index (χ1) is 9.67. The van der Waals surface area contributed by atoms with Gasteiger partial charge in [-0.3, -0.25) is 4.79 Å². The molecule has 2 fully saturated rings. The first-order valence-corrected chi connectivity index (χ1v) is 7.82. The lowest BCUT2D eigenvalue weighted by Crippen LogP contribution is -2.53. The Morgan fingerprint density at radius 2 is 1.95 bits per heavy atom. The van der Waals surface area contributed by atoms with Crippen molar-refractivity contribution in [2.75, 3.05) is 13.7 Å². The minimum Gasteiger partial charge on any atom is -0.453 e. The van der Waals surface area contributed by atoms with Gasteiger partial charge in [0.1, 0.15) is 6.04 Å². The lowest BCUT2D eigenvalue weighted by atomic mass is 9.96. The van der Waals surface area contributed by atoms with Crippen LogP contribution in [0.5, 0.6) is 0 Å². The fourth-order valence-corrected chi connectivity index (χ4v) is 3.59. The third kappa shape index (κ3) is 3.25. The van der Waals surface area contributed by atoms with Crippen molar-refractivity contribution in [2.45, 2.75) is 64.0 Å². The maximum Gasteiger partial charge on any atom is 0.407 e. The molecule has 20 heavy (non-hydrogen) atoms. The van der Waals surface area contributed by atoms with Crippen LogP contribution in [0.15, 0.2) is 0 Å². The molecule has 2 amide bonds. The highest BCUT2D eigenvalue weighted by Crippen LogP contribution is 2.30. The molecule has 1 N–H and O–H groups in total. The van der Waals surface area contributed by atoms with E-state index >= 15 is 0 Å². The minimum absolute atomic E-state index is 0.0895. The van der Waals surface area contributed by atoms with Gasteiger partial charge in [-0.25, -0.2) is 4.79 Å². The number of nitrogens with zero attached hydrogens (tertiary/aromatic N) is 1. The van der Waals surface area contributed by atoms with E-state index in [1.165, 1.54) is 7.11 Å². The van der Waals surface area contributed by atoms with Gasteiger partial charge < -0.3 is 15.0 Å². The van der Waals surface area contributed by atoms with E-state index < -0.39 is 12.1 Å². The fraction of sp³-hybridized carbons (Fsp3) is 0.867. The summed E-state index contributed by atoms with van der Waals surface area (Å²) < 4.78 is 4.69. The zero-order valence-corrected chi connectivity index (χ0v) is 12.6. The van der Waals surface area contributed by atoms with Crippen LogP contribution in [-0.2, 0) is 9.53 Å². The predicted molar refractivity (Wildman–Crippen MR) is 76.3 cm³/mol. The molecule has 0 aromatic carbocycles. The number of alkyl carbamates (subject to hydrolysis) is 1. The highest BCUT2D eigenvalue weighted by molar-refractivity contribution is 5.86. The Hall–Kier alpha value is -1.26. The quantitative estimate of drug-likeness (QED) is 0.860. The van der Waals surface area contributed by atoms with Gasteiger partial charge in [0.05, 0.1) is 7.11 Å². The largest absolute Gasteiger partial charge is 0.453 e. The zero-order valence-electron chi connectivity index (χ0n) is 12.6. The summed E-state index contributed by atoms with van der Waals surface area (Å²) in [5, 5.41) is 2.78. The van der Waals surface area contributed by atoms with E-state index in [0.29, 0.717) is 6.04 Å². The summed E-state index contributed by atoms with van der Waals surface area (Å²) in [6.45, 7) is 2.94. The summed E-state index contributed by atoms with van der Waals surface area (Å²) in [6, 6.07) is -0.0667. The number of amides is 2. The monoisotopic (exact) mass is 282 g/mol. The number of carbonyl (C=O) groups excluding carboxylic acids is 2. The van der Waals surface area contributed by atoms with Gasteiger partial charge >= 0.3 is 6.09 Å². The van der Waals surface area contributed by atoms with E-state index in [1.807, 2.05) is 4.90 Å². The Morgan fingerprint density at radius 3 is 2.55 bits per heavy atom. The van der Waals surface area contributed by atoms with Gasteiger partial charge in [0, 0.05) is 12.6 Å². The van der Waals surface area contributed by atoms with Crippen LogP contribution in [0, 0.1) is 5.92 Å². The number of hydrogen-bond donors (Lipinski definition) is 1. The predicted octanol–water partition coefficient (Wildman–Crippen LogP) is 2.30. The normalized spacial score (nSPS) is 24.7. The molecule has 0 spiro atoms. The first kappa shape index (κ1) is 15.1. The van der Waals surface area contributed by atoms with Crippen molar-refractivity contribution < 1.29 is 14.3 Å². The van der Waals surface area contributed by atoms with E-state index in [1.54, 1.807) is 0 Å². The lowest BCUT2D eigenvalue weighted by Gasteiger charge is -2.31. The molecule has 0 radical (unpaired) electrons. The molecule has 5 heteroatoms. The van der Waals surface area contributed by atoms with Crippen LogP contribution in [0.3, 0.4) is 0 Å². The average Bonchev–Trinajstić information content (AvgIpc) is 3.13. The van der Waals surface area contributed by atoms with Crippen LogP contribution in [0.2, 0.25) is 0 Å². The van der Waals surface area contributed by atoms with Crippen molar-refractivity contribution in [1.29, 1.82) is 0 Å². The van der Waals surface area contributed by atoms with Crippen molar-refractivity contribution in [1.82, 2.24) is 10.2 Å². The smallest absolute Gasteiger partial charge is 0.407 e. The topological polar surface area (TPSA) is 58.6 Å². The van der Waals surface area contributed by atoms with Gasteiger partial charge in [0.25, 0.3) is 0 Å². The molecule has 5 nitrogen and oxygen atoms in total. The Morgan fingerprint density at radius 1 is 1.25 bits per heavy atom. The molecule has 2 atom stereocenters. The van der Waals surface area contributed by atoms with Crippen molar-refractivity contribution in [2.24, 2.45) is 5.92 Å². The molecule has 1 saturated carbocycles. The van der Waals surface area contributed by atoms with Crippen molar-refractivity contribution in [3.8, 4) is 0 Å². The summed E-state index contributed by atoms with van der Waals surface area (Å²) >= 11 is 0. The Kier molecular flexibility index (Phi) is 5.26. The van der Waals surface area contributed by atoms with Gasteiger partial charge in [-0.05, 0) is 38.0 Å². The Balaban J connectivity index is 2.08. The lowest BCUT2D eigenvalue weighted by molar-refractivity contribution is -0.135. The van der Waals surface area contributed by atoms with Crippen LogP contribution >= 0.6 is 0 Å². The first-order valence-electron chi connectivity index (χ1n) is 7.82. The Labute approximate surface area is 121 Å². The van der Waals surface area contributed by atoms with E-state index in [0.717, 1.165) is 51.5 Å². The van der Waals surface area contributed by atoms with E-state index in [2.05, 4.69) is 17.0 Å². The van der Waals surface area contributed by atoms with Gasteiger partial charge in [-0.2, -0.15) is 0 Å². The second-order valence-electron chi connectivity index (χ2n) is 5.89. The molecule has 1 aliphatic carbocycles. The fourth-order valence-electron chi connectivity index (χ4n) is 3.59. The van der Waals surface area contributed by atoms with E-state index in [9.17, 15) is 9.59 Å². The van der Waals surface area contributed by atoms with Crippen LogP contribution in [-0.4, -0.2) is 42.6 Å². The third-order valence-electron chi connectivity index (χ3n) is 4.73. The van der Waals surface area contributed by atoms with Crippen molar-refractivity contribution >= 4 is 12.0 Å². The van der Waals surface area contributed by atoms with Crippen LogP contribution < -0.4 is 5.32 Å². The van der Waals surface area contributed by atoms with Gasteiger partial charge in [-0.1, -0.05) is 19.8 Å². The van der Waals surface area contributed by atoms with Crippen LogP contribution in [0.25, 0.3) is 0 Å². The number of hydrogen-bond acceptors (Lipinski definition) is 3. The standard InChI is InChI=1S/C15H26N2O3/c1-3-12-9-6-10-17(12)14(18)13(16-15(19)20-2)11-7-4-5-8-11/h11-13H,3-10H2,1-2H3,(H,16,19)/t12-,13?/m1/s1. The summed E-state index contributed by atoms with van der Waals surface area (Å²) in [5.74, 6) is 0.353. The summed E-state index contributed by atoms with van der Waals surface area (Å²) in [4.78, 5) is 26.3. The number of ether oxygens (including phenoxy) is 1. The molecule has 1 heterocycles. The number of nitrogens with one attached hydrogen (secondary N) is 1. The number of carbonyl (C=O) groups is 2. The van der Waals surface area contributed by atoms with Crippen LogP contribution in [0.1, 0.15) is 51.9 Å². The second kappa shape index (κ2) is 6.95. The number of likely N-dealkylation sites (tertiary alicyclic amines) is 1. The second-order valence-corrected chi connectivity index (χ2v) is 5.89. The average molecular weight is 282 g/mol. The molecular formula is C15H26N2O3. The van der Waals surface area contributed by atoms with Gasteiger partial charge in [0.2, 0.25) is 5.91 Å². The highest BCUT2D eigenvalue weighted by Gasteiger charge is 2.38. The molecule has 0 bridgehead atoms. The zero-order chi connectivity index (χ0) is 14.5. The molecule has 0 aromatic rings. The van der Waals surface area contributed by atoms with Crippen molar-refractivity contribution in [3.05, 3.63) is 0 Å². The van der Waals surface area contributed by atoms with Crippen molar-refractivity contribution in [3.63, 3.8) is 0 Å². The van der Waals surface area contributed by atoms with Gasteiger partial charge in [-0.15, -0.1) is 0 Å². The number of methoxy groups -OCH3 is 1. The molecule has 1 saturated heterocycles. The molecular weight excluding hydrogens is 256 g/mol. The maximum absolute atomic E-state index is 12.8. The SMILES string of the molecule is CC[C@@H]1CCCN1C(=O)C(NC(=O)OC)C1CCCC1. The summed E-state index contributed by atoms with van der Waals surface area (Å²) in [5.41, 5.74) is 0. The van der Waals surface area contributed by atoms with Crippen LogP contribution in [0.4, 0.5) is 4.79 Å². The summed E-state index contributed by atoms with van der Waals surface area (Å²) in [6.07, 6.45) is 6.97. The molecule has 2 rings (SSSR count). The molecule has 1 unspecified atom stereocenters. The van der Waals surface area contributed by atoms with E-state index in [4.69, 9.17) is 0 Å². The summed E-state index contributed by atoms with van der Waals surface area (Å²) in [7, 11) is 1.34. The highest BCUT2D eigenvalue weighted by atomic mass is 16.5. The van der Waals surface area contributed by atoms with E-state index in [-0.39, 0.29) is 11.8 Å². The Bertz CT molecular complexity index is 353. The third-order valence-corrected chi connectivity index (χ3v) is 4.73.